The summed E-state index contributed by atoms with van der Waals surface area (Å²) in [5.74, 6) is 1.09. The Kier molecular flexibility index (Phi) is 4.52. The maximum Gasteiger partial charge on any atom is 0.188 e. The molecule has 0 amide bonds. The molecular formula is C14H15N3O3. The number of hydrogen-bond acceptors (Lipinski definition) is 5. The van der Waals surface area contributed by atoms with E-state index in [1.165, 1.54) is 6.20 Å². The van der Waals surface area contributed by atoms with E-state index in [1.54, 1.807) is 12.1 Å². The van der Waals surface area contributed by atoms with Crippen molar-refractivity contribution in [1.29, 1.82) is 0 Å². The van der Waals surface area contributed by atoms with E-state index in [9.17, 15) is 0 Å². The summed E-state index contributed by atoms with van der Waals surface area (Å²) in [6.45, 7) is 0.0477. The molecule has 2 aromatic rings. The van der Waals surface area contributed by atoms with Gasteiger partial charge in [0.15, 0.2) is 5.84 Å². The van der Waals surface area contributed by atoms with Crippen LogP contribution in [0.25, 0.3) is 0 Å². The van der Waals surface area contributed by atoms with Crippen molar-refractivity contribution in [2.45, 2.75) is 6.42 Å². The van der Waals surface area contributed by atoms with Gasteiger partial charge in [-0.15, -0.1) is 0 Å². The average molecular weight is 273 g/mol. The predicted molar refractivity (Wildman–Crippen MR) is 74.1 cm³/mol. The fourth-order valence-electron chi connectivity index (χ4n) is 1.72. The third kappa shape index (κ3) is 3.24. The van der Waals surface area contributed by atoms with Crippen LogP contribution in [0.4, 0.5) is 0 Å². The lowest BCUT2D eigenvalue weighted by molar-refractivity contribution is 0.298. The molecule has 0 aliphatic rings. The number of nitrogens with two attached hydrogens (primary N) is 1. The number of aliphatic hydroxyl groups is 1. The molecule has 0 aliphatic heterocycles. The second-order valence-electron chi connectivity index (χ2n) is 4.05. The molecule has 0 fully saturated rings. The Balaban J connectivity index is 2.26. The van der Waals surface area contributed by atoms with Gasteiger partial charge in [-0.25, -0.2) is 0 Å². The van der Waals surface area contributed by atoms with Gasteiger partial charge in [0.25, 0.3) is 0 Å². The van der Waals surface area contributed by atoms with E-state index in [0.717, 1.165) is 5.56 Å². The minimum atomic E-state index is -0.0842. The number of aromatic nitrogens is 1. The number of aliphatic hydroxyl groups excluding tert-OH is 1. The topological polar surface area (TPSA) is 101 Å². The lowest BCUT2D eigenvalue weighted by Crippen LogP contribution is -2.14. The third-order valence-electron chi connectivity index (χ3n) is 2.68. The first kappa shape index (κ1) is 13.8. The molecule has 0 atom stereocenters. The van der Waals surface area contributed by atoms with Gasteiger partial charge >= 0.3 is 0 Å². The predicted octanol–water partition coefficient (Wildman–Crippen LogP) is 1.50. The lowest BCUT2D eigenvalue weighted by atomic mass is 10.1. The van der Waals surface area contributed by atoms with Crippen molar-refractivity contribution >= 4 is 5.84 Å². The molecule has 1 aromatic heterocycles. The maximum atomic E-state index is 9.03. The van der Waals surface area contributed by atoms with Crippen LogP contribution in [0.3, 0.4) is 0 Å². The van der Waals surface area contributed by atoms with Gasteiger partial charge in [-0.1, -0.05) is 23.4 Å². The number of benzene rings is 1. The summed E-state index contributed by atoms with van der Waals surface area (Å²) in [5.41, 5.74) is 6.71. The molecule has 2 rings (SSSR count). The molecule has 0 radical (unpaired) electrons. The Bertz CT molecular complexity index is 614. The van der Waals surface area contributed by atoms with Gasteiger partial charge in [-0.05, 0) is 24.1 Å². The number of pyridine rings is 1. The largest absolute Gasteiger partial charge is 0.457 e. The maximum absolute atomic E-state index is 9.03. The minimum absolute atomic E-state index is 0.0477. The van der Waals surface area contributed by atoms with Crippen molar-refractivity contribution in [3.05, 3.63) is 53.9 Å². The number of para-hydroxylation sites is 1. The van der Waals surface area contributed by atoms with Crippen molar-refractivity contribution < 1.29 is 15.1 Å². The van der Waals surface area contributed by atoms with Crippen molar-refractivity contribution in [1.82, 2.24) is 4.98 Å². The minimum Gasteiger partial charge on any atom is -0.457 e. The Hall–Kier alpha value is -2.60. The number of oxime groups is 1. The number of nitrogens with zero attached hydrogens (tertiary/aromatic N) is 2. The summed E-state index contributed by atoms with van der Waals surface area (Å²) >= 11 is 0. The number of amidine groups is 1. The highest BCUT2D eigenvalue weighted by Gasteiger charge is 2.07. The van der Waals surface area contributed by atoms with Crippen LogP contribution >= 0.6 is 0 Å². The summed E-state index contributed by atoms with van der Waals surface area (Å²) in [7, 11) is 0. The van der Waals surface area contributed by atoms with E-state index in [1.807, 2.05) is 24.3 Å². The summed E-state index contributed by atoms with van der Waals surface area (Å²) < 4.78 is 5.75. The first-order valence-corrected chi connectivity index (χ1v) is 6.05. The van der Waals surface area contributed by atoms with Gasteiger partial charge in [0.2, 0.25) is 0 Å². The number of hydrogen-bond donors (Lipinski definition) is 3. The zero-order chi connectivity index (χ0) is 14.4. The summed E-state index contributed by atoms with van der Waals surface area (Å²) in [6, 6.07) is 10.7. The van der Waals surface area contributed by atoms with Gasteiger partial charge in [0.05, 0.1) is 0 Å². The Morgan fingerprint density at radius 3 is 2.85 bits per heavy atom. The van der Waals surface area contributed by atoms with Crippen LogP contribution in [-0.4, -0.2) is 27.7 Å². The number of rotatable bonds is 5. The fraction of sp³-hybridized carbons (Fsp3) is 0.143. The monoisotopic (exact) mass is 273 g/mol. The van der Waals surface area contributed by atoms with E-state index in [4.69, 9.17) is 20.8 Å². The van der Waals surface area contributed by atoms with Gasteiger partial charge in [0, 0.05) is 18.9 Å². The molecule has 4 N–H and O–H groups in total. The van der Waals surface area contributed by atoms with E-state index >= 15 is 0 Å². The molecule has 0 spiro atoms. The van der Waals surface area contributed by atoms with Crippen LogP contribution in [0.5, 0.6) is 11.5 Å². The molecule has 104 valence electrons. The quantitative estimate of drug-likeness (QED) is 0.332. The number of ether oxygens (including phenoxy) is 1. The second kappa shape index (κ2) is 6.53. The third-order valence-corrected chi connectivity index (χ3v) is 2.68. The van der Waals surface area contributed by atoms with E-state index in [0.29, 0.717) is 23.6 Å². The summed E-state index contributed by atoms with van der Waals surface area (Å²) in [6.07, 6.45) is 2.02. The molecule has 1 aromatic carbocycles. The molecule has 0 saturated heterocycles. The summed E-state index contributed by atoms with van der Waals surface area (Å²) in [4.78, 5) is 3.97. The highest BCUT2D eigenvalue weighted by Crippen LogP contribution is 2.25. The Labute approximate surface area is 116 Å². The van der Waals surface area contributed by atoms with Crippen LogP contribution in [-0.2, 0) is 6.42 Å². The molecule has 0 saturated carbocycles. The van der Waals surface area contributed by atoms with Gasteiger partial charge < -0.3 is 20.8 Å². The first-order valence-electron chi connectivity index (χ1n) is 6.05. The first-order chi connectivity index (χ1) is 9.74. The van der Waals surface area contributed by atoms with Crippen LogP contribution < -0.4 is 10.5 Å². The van der Waals surface area contributed by atoms with Crippen molar-refractivity contribution in [3.8, 4) is 11.5 Å². The van der Waals surface area contributed by atoms with E-state index < -0.39 is 0 Å². The molecule has 0 aliphatic carbocycles. The lowest BCUT2D eigenvalue weighted by Gasteiger charge is -2.10. The normalized spacial score (nSPS) is 11.3. The van der Waals surface area contributed by atoms with Crippen molar-refractivity contribution in [3.63, 3.8) is 0 Å². The average Bonchev–Trinajstić information content (AvgIpc) is 2.49. The molecule has 6 heteroatoms. The van der Waals surface area contributed by atoms with Gasteiger partial charge in [-0.3, -0.25) is 4.98 Å². The Morgan fingerprint density at radius 2 is 2.10 bits per heavy atom. The van der Waals surface area contributed by atoms with Crippen LogP contribution in [0.15, 0.2) is 47.8 Å². The smallest absolute Gasteiger partial charge is 0.188 e. The standard InChI is InChI=1S/C14H15N3O3/c15-14(17-19)12-9-11(5-7-16-12)20-13-4-2-1-3-10(13)6-8-18/h1-5,7,9,18-19H,6,8H2,(H2,15,17). The highest BCUT2D eigenvalue weighted by atomic mass is 16.5. The molecule has 1 heterocycles. The second-order valence-corrected chi connectivity index (χ2v) is 4.05. The van der Waals surface area contributed by atoms with E-state index in [2.05, 4.69) is 10.1 Å². The summed E-state index contributed by atoms with van der Waals surface area (Å²) in [5, 5.41) is 20.6. The Morgan fingerprint density at radius 1 is 1.30 bits per heavy atom. The van der Waals surface area contributed by atoms with Crippen molar-refractivity contribution in [2.75, 3.05) is 6.61 Å². The fourth-order valence-corrected chi connectivity index (χ4v) is 1.72. The van der Waals surface area contributed by atoms with Crippen molar-refractivity contribution in [2.24, 2.45) is 10.9 Å². The molecular weight excluding hydrogens is 258 g/mol. The molecule has 6 nitrogen and oxygen atoms in total. The highest BCUT2D eigenvalue weighted by molar-refractivity contribution is 5.95. The molecule has 0 bridgehead atoms. The van der Waals surface area contributed by atoms with Gasteiger partial charge in [0.1, 0.15) is 17.2 Å². The molecule has 0 unspecified atom stereocenters. The van der Waals surface area contributed by atoms with E-state index in [-0.39, 0.29) is 12.4 Å². The van der Waals surface area contributed by atoms with Crippen LogP contribution in [0.1, 0.15) is 11.3 Å². The zero-order valence-electron chi connectivity index (χ0n) is 10.7. The van der Waals surface area contributed by atoms with Gasteiger partial charge in [-0.2, -0.15) is 0 Å². The van der Waals surface area contributed by atoms with Crippen LogP contribution in [0.2, 0.25) is 0 Å². The SMILES string of the molecule is N/C(=N/O)c1cc(Oc2ccccc2CCO)ccn1. The van der Waals surface area contributed by atoms with Crippen LogP contribution in [0, 0.1) is 0 Å². The zero-order valence-corrected chi connectivity index (χ0v) is 10.7. The molecule has 20 heavy (non-hydrogen) atoms.